The lowest BCUT2D eigenvalue weighted by Gasteiger charge is -2.44. The third-order valence-electron chi connectivity index (χ3n) is 7.69. The van der Waals surface area contributed by atoms with Gasteiger partial charge < -0.3 is 14.7 Å². The van der Waals surface area contributed by atoms with E-state index in [0.29, 0.717) is 12.1 Å². The van der Waals surface area contributed by atoms with Gasteiger partial charge in [-0.1, -0.05) is 18.2 Å². The van der Waals surface area contributed by atoms with Crippen LogP contribution in [0, 0.1) is 6.92 Å². The average Bonchev–Trinajstić information content (AvgIpc) is 3.42. The molecule has 5 rings (SSSR count). The van der Waals surface area contributed by atoms with E-state index in [-0.39, 0.29) is 50.6 Å². The number of benzene rings is 2. The summed E-state index contributed by atoms with van der Waals surface area (Å²) in [6.45, 7) is 4.00. The Morgan fingerprint density at radius 2 is 1.59 bits per heavy atom. The van der Waals surface area contributed by atoms with E-state index in [1.165, 1.54) is 16.2 Å². The van der Waals surface area contributed by atoms with Crippen molar-refractivity contribution in [3.63, 3.8) is 0 Å². The van der Waals surface area contributed by atoms with Gasteiger partial charge >= 0.3 is 12.4 Å². The fourth-order valence-corrected chi connectivity index (χ4v) is 6.35. The number of aryl methyl sites for hydroxylation is 1. The van der Waals surface area contributed by atoms with E-state index in [1.807, 2.05) is 54.5 Å². The zero-order chi connectivity index (χ0) is 29.7. The first-order valence-corrected chi connectivity index (χ1v) is 13.7. The van der Waals surface area contributed by atoms with Crippen molar-refractivity contribution in [3.05, 3.63) is 81.3 Å². The van der Waals surface area contributed by atoms with Crippen molar-refractivity contribution in [1.29, 1.82) is 0 Å². The molecule has 0 N–H and O–H groups in total. The molecule has 0 radical (unpaired) electrons. The number of carbonyl (C=O) groups excluding carboxylic acids is 2. The third kappa shape index (κ3) is 5.39. The summed E-state index contributed by atoms with van der Waals surface area (Å²) in [6, 6.07) is 10.2. The first-order valence-electron chi connectivity index (χ1n) is 12.9. The fourth-order valence-electron chi connectivity index (χ4n) is 5.74. The number of piperidine rings is 1. The van der Waals surface area contributed by atoms with Gasteiger partial charge in [0.25, 0.3) is 11.8 Å². The van der Waals surface area contributed by atoms with Crippen LogP contribution in [0.3, 0.4) is 0 Å². The maximum absolute atomic E-state index is 14.1. The van der Waals surface area contributed by atoms with E-state index in [0.717, 1.165) is 16.4 Å². The molecule has 41 heavy (non-hydrogen) atoms. The smallest absolute Gasteiger partial charge is 0.338 e. The van der Waals surface area contributed by atoms with Crippen molar-refractivity contribution in [2.45, 2.75) is 57.3 Å². The molecule has 3 aromatic rings. The van der Waals surface area contributed by atoms with Crippen LogP contribution in [0.15, 0.2) is 53.9 Å². The molecule has 1 atom stereocenters. The molecule has 2 aromatic carbocycles. The van der Waals surface area contributed by atoms with Crippen molar-refractivity contribution in [3.8, 4) is 0 Å². The van der Waals surface area contributed by atoms with Crippen LogP contribution in [-0.2, 0) is 23.7 Å². The number of nitrogens with zero attached hydrogens (tertiary/aromatic N) is 4. The van der Waals surface area contributed by atoms with Gasteiger partial charge in [-0.3, -0.25) is 9.59 Å². The highest BCUT2D eigenvalue weighted by molar-refractivity contribution is 7.09. The van der Waals surface area contributed by atoms with Crippen molar-refractivity contribution in [2.24, 2.45) is 0 Å². The van der Waals surface area contributed by atoms with Crippen LogP contribution >= 0.6 is 11.3 Å². The molecule has 6 nitrogen and oxygen atoms in total. The molecule has 1 spiro atoms. The molecule has 2 amide bonds. The van der Waals surface area contributed by atoms with Crippen molar-refractivity contribution >= 4 is 28.8 Å². The highest BCUT2D eigenvalue weighted by atomic mass is 32.1. The van der Waals surface area contributed by atoms with Gasteiger partial charge in [0, 0.05) is 29.7 Å². The number of thiazole rings is 1. The number of hydrogen-bond acceptors (Lipinski definition) is 5. The predicted molar refractivity (Wildman–Crippen MR) is 140 cm³/mol. The minimum absolute atomic E-state index is 0.00326. The van der Waals surface area contributed by atoms with Gasteiger partial charge in [-0.15, -0.1) is 11.3 Å². The number of hydrogen-bond donors (Lipinski definition) is 0. The second kappa shape index (κ2) is 10.3. The number of carbonyl (C=O) groups is 2. The molecule has 2 saturated heterocycles. The molecule has 3 heterocycles. The summed E-state index contributed by atoms with van der Waals surface area (Å²) in [5.74, 6) is -1.11. The average molecular weight is 597 g/mol. The third-order valence-corrected chi connectivity index (χ3v) is 8.51. The molecule has 13 heteroatoms. The zero-order valence-electron chi connectivity index (χ0n) is 22.1. The number of alkyl halides is 6. The van der Waals surface area contributed by atoms with Crippen LogP contribution in [0.4, 0.5) is 32.0 Å². The molecule has 218 valence electrons. The molecular formula is C28H26F6N4O2S. The van der Waals surface area contributed by atoms with Gasteiger partial charge in [0.2, 0.25) is 0 Å². The summed E-state index contributed by atoms with van der Waals surface area (Å²) in [6.07, 6.45) is -10.2. The number of rotatable bonds is 4. The number of halogens is 6. The largest absolute Gasteiger partial charge is 0.416 e. The van der Waals surface area contributed by atoms with Crippen LogP contribution < -0.4 is 4.90 Å². The minimum Gasteiger partial charge on any atom is -0.338 e. The number of anilines is 1. The van der Waals surface area contributed by atoms with Crippen LogP contribution in [0.25, 0.3) is 0 Å². The van der Waals surface area contributed by atoms with Gasteiger partial charge in [0.15, 0.2) is 0 Å². The second-order valence-corrected chi connectivity index (χ2v) is 11.3. The molecule has 1 unspecified atom stereocenters. The SMILES string of the molecule is Cc1nc(CN2C(=O)C3(CCN(C(=O)c4cc(C(F)(F)F)cc(C(F)(F)F)c4)CC3)N(c3ccccc3)C2C)cs1. The number of likely N-dealkylation sites (tertiary alicyclic amines) is 1. The van der Waals surface area contributed by atoms with E-state index in [2.05, 4.69) is 4.98 Å². The van der Waals surface area contributed by atoms with Crippen LogP contribution in [0.1, 0.15) is 52.0 Å². The fraction of sp³-hybridized carbons (Fsp3) is 0.393. The van der Waals surface area contributed by atoms with Crippen LogP contribution in [0.5, 0.6) is 0 Å². The Balaban J connectivity index is 1.44. The molecule has 2 aliphatic heterocycles. The van der Waals surface area contributed by atoms with E-state index in [1.54, 1.807) is 4.90 Å². The molecule has 0 aliphatic carbocycles. The lowest BCUT2D eigenvalue weighted by Crippen LogP contribution is -2.58. The Kier molecular flexibility index (Phi) is 7.29. The second-order valence-electron chi connectivity index (χ2n) is 10.2. The van der Waals surface area contributed by atoms with Gasteiger partial charge in [-0.25, -0.2) is 4.98 Å². The lowest BCUT2D eigenvalue weighted by molar-refractivity contribution is -0.143. The molecule has 2 fully saturated rings. The molecule has 2 aliphatic rings. The number of amides is 2. The maximum atomic E-state index is 14.1. The summed E-state index contributed by atoms with van der Waals surface area (Å²) < 4.78 is 80.3. The van der Waals surface area contributed by atoms with E-state index in [9.17, 15) is 35.9 Å². The first-order chi connectivity index (χ1) is 19.2. The number of para-hydroxylation sites is 1. The monoisotopic (exact) mass is 596 g/mol. The Bertz CT molecular complexity index is 1420. The normalized spacial score (nSPS) is 19.4. The maximum Gasteiger partial charge on any atom is 0.416 e. The molecular weight excluding hydrogens is 570 g/mol. The summed E-state index contributed by atoms with van der Waals surface area (Å²) >= 11 is 1.47. The van der Waals surface area contributed by atoms with E-state index < -0.39 is 40.5 Å². The molecule has 0 bridgehead atoms. The summed E-state index contributed by atoms with van der Waals surface area (Å²) in [5.41, 5.74) is -3.31. The summed E-state index contributed by atoms with van der Waals surface area (Å²) in [5, 5.41) is 2.75. The van der Waals surface area contributed by atoms with Crippen LogP contribution in [0.2, 0.25) is 0 Å². The Labute approximate surface area is 236 Å². The topological polar surface area (TPSA) is 56.8 Å². The highest BCUT2D eigenvalue weighted by Gasteiger charge is 2.57. The summed E-state index contributed by atoms with van der Waals surface area (Å²) in [4.78, 5) is 36.7. The van der Waals surface area contributed by atoms with Crippen molar-refractivity contribution in [2.75, 3.05) is 18.0 Å². The van der Waals surface area contributed by atoms with Gasteiger partial charge in [-0.05, 0) is 57.0 Å². The Morgan fingerprint density at radius 3 is 2.10 bits per heavy atom. The lowest BCUT2D eigenvalue weighted by atomic mass is 9.85. The Morgan fingerprint density at radius 1 is 1.00 bits per heavy atom. The molecule has 0 saturated carbocycles. The van der Waals surface area contributed by atoms with Crippen molar-refractivity contribution in [1.82, 2.24) is 14.8 Å². The first kappa shape index (κ1) is 28.9. The van der Waals surface area contributed by atoms with E-state index >= 15 is 0 Å². The zero-order valence-corrected chi connectivity index (χ0v) is 22.9. The quantitative estimate of drug-likeness (QED) is 0.329. The number of aromatic nitrogens is 1. The predicted octanol–water partition coefficient (Wildman–Crippen LogP) is 6.36. The molecule has 1 aromatic heterocycles. The highest BCUT2D eigenvalue weighted by Crippen LogP contribution is 2.44. The van der Waals surface area contributed by atoms with E-state index in [4.69, 9.17) is 0 Å². The Hall–Kier alpha value is -3.61. The van der Waals surface area contributed by atoms with Gasteiger partial charge in [0.1, 0.15) is 11.7 Å². The summed E-state index contributed by atoms with van der Waals surface area (Å²) in [7, 11) is 0. The minimum atomic E-state index is -5.07. The van der Waals surface area contributed by atoms with Crippen LogP contribution in [-0.4, -0.2) is 51.4 Å². The van der Waals surface area contributed by atoms with Crippen molar-refractivity contribution < 1.29 is 35.9 Å². The standard InChI is InChI=1S/C28H26F6N4O2S/c1-17-35-22(16-41-17)15-37-18(2)38(23-6-4-3-5-7-23)26(25(37)40)8-10-36(11-9-26)24(39)19-12-20(27(29,30)31)14-21(13-19)28(32,33)34/h3-7,12-14,16,18H,8-11,15H2,1-2H3. The van der Waals surface area contributed by atoms with Gasteiger partial charge in [-0.2, -0.15) is 26.3 Å². The van der Waals surface area contributed by atoms with Gasteiger partial charge in [0.05, 0.1) is 28.4 Å².